The van der Waals surface area contributed by atoms with Crippen LogP contribution >= 0.6 is 0 Å². The van der Waals surface area contributed by atoms with Gasteiger partial charge >= 0.3 is 0 Å². The van der Waals surface area contributed by atoms with E-state index in [0.29, 0.717) is 19.0 Å². The van der Waals surface area contributed by atoms with Crippen LogP contribution in [0.15, 0.2) is 70.3 Å². The molecule has 3 rings (SSSR count). The van der Waals surface area contributed by atoms with E-state index in [0.717, 1.165) is 36.9 Å². The first-order valence-corrected chi connectivity index (χ1v) is 10.5. The van der Waals surface area contributed by atoms with Crippen LogP contribution in [-0.2, 0) is 19.6 Å². The topological polar surface area (TPSA) is 65.7 Å². The predicted molar refractivity (Wildman–Crippen MR) is 122 cm³/mol. The van der Waals surface area contributed by atoms with Gasteiger partial charge in [-0.3, -0.25) is 0 Å². The van der Waals surface area contributed by atoms with Gasteiger partial charge in [-0.1, -0.05) is 49.4 Å². The molecule has 0 fully saturated rings. The van der Waals surface area contributed by atoms with Crippen LogP contribution < -0.4 is 10.6 Å². The molecule has 0 radical (unpaired) electrons. The molecule has 30 heavy (non-hydrogen) atoms. The summed E-state index contributed by atoms with van der Waals surface area (Å²) in [6.45, 7) is 8.16. The quantitative estimate of drug-likeness (QED) is 0.415. The maximum atomic E-state index is 5.61. The Hall–Kier alpha value is -3.12. The maximum Gasteiger partial charge on any atom is 0.226 e. The highest BCUT2D eigenvalue weighted by Gasteiger charge is 2.07. The van der Waals surface area contributed by atoms with E-state index >= 15 is 0 Å². The number of hydrogen-bond donors (Lipinski definition) is 2. The van der Waals surface area contributed by atoms with Crippen LogP contribution in [0.4, 0.5) is 0 Å². The van der Waals surface area contributed by atoms with Crippen molar-refractivity contribution in [3.05, 3.63) is 77.7 Å². The Balaban J connectivity index is 1.60. The van der Waals surface area contributed by atoms with Gasteiger partial charge in [-0.15, -0.1) is 0 Å². The molecule has 0 atom stereocenters. The molecule has 2 N–H and O–H groups in total. The molecule has 0 saturated carbocycles. The maximum absolute atomic E-state index is 5.61. The SMILES string of the molecule is CCNC(=NCc1cccc(CN(C)CC)c1)NCc1coc(-c2ccccc2)n1. The third kappa shape index (κ3) is 6.46. The fourth-order valence-electron chi connectivity index (χ4n) is 3.04. The standard InChI is InChI=1S/C24H31N5O/c1-4-25-24(26-15-19-10-9-11-20(14-19)17-29(3)5-2)27-16-22-18-30-23(28-22)21-12-7-6-8-13-21/h6-14,18H,4-5,15-17H2,1-3H3,(H2,25,26,27). The van der Waals surface area contributed by atoms with E-state index in [4.69, 9.17) is 9.41 Å². The van der Waals surface area contributed by atoms with Crippen LogP contribution in [0.1, 0.15) is 30.7 Å². The summed E-state index contributed by atoms with van der Waals surface area (Å²) in [4.78, 5) is 11.6. The smallest absolute Gasteiger partial charge is 0.226 e. The Bertz CT molecular complexity index is 936. The summed E-state index contributed by atoms with van der Waals surface area (Å²) in [5, 5.41) is 6.63. The third-order valence-corrected chi connectivity index (χ3v) is 4.76. The average molecular weight is 406 g/mol. The van der Waals surface area contributed by atoms with Crippen molar-refractivity contribution < 1.29 is 4.42 Å². The van der Waals surface area contributed by atoms with Gasteiger partial charge in [0.1, 0.15) is 6.26 Å². The van der Waals surface area contributed by atoms with Crippen molar-refractivity contribution in [2.75, 3.05) is 20.1 Å². The third-order valence-electron chi connectivity index (χ3n) is 4.76. The summed E-state index contributed by atoms with van der Waals surface area (Å²) in [7, 11) is 2.13. The molecule has 1 heterocycles. The molecule has 0 bridgehead atoms. The first kappa shape index (κ1) is 21.6. The zero-order valence-corrected chi connectivity index (χ0v) is 18.1. The van der Waals surface area contributed by atoms with Crippen molar-refractivity contribution in [3.63, 3.8) is 0 Å². The lowest BCUT2D eigenvalue weighted by molar-refractivity contribution is 0.345. The highest BCUT2D eigenvalue weighted by atomic mass is 16.3. The van der Waals surface area contributed by atoms with Crippen molar-refractivity contribution in [1.29, 1.82) is 0 Å². The molecule has 1 aromatic heterocycles. The molecule has 158 valence electrons. The average Bonchev–Trinajstić information content (AvgIpc) is 3.25. The van der Waals surface area contributed by atoms with Crippen molar-refractivity contribution in [2.45, 2.75) is 33.5 Å². The van der Waals surface area contributed by atoms with Gasteiger partial charge in [0.2, 0.25) is 5.89 Å². The second-order valence-electron chi connectivity index (χ2n) is 7.21. The molecule has 0 unspecified atom stereocenters. The molecule has 0 aliphatic heterocycles. The fraction of sp³-hybridized carbons (Fsp3) is 0.333. The van der Waals surface area contributed by atoms with Gasteiger partial charge in [0.25, 0.3) is 0 Å². The van der Waals surface area contributed by atoms with E-state index in [-0.39, 0.29) is 0 Å². The summed E-state index contributed by atoms with van der Waals surface area (Å²) in [5.74, 6) is 1.39. The fourth-order valence-corrected chi connectivity index (χ4v) is 3.04. The normalized spacial score (nSPS) is 11.7. The molecular weight excluding hydrogens is 374 g/mol. The van der Waals surface area contributed by atoms with E-state index in [1.807, 2.05) is 30.3 Å². The van der Waals surface area contributed by atoms with Crippen LogP contribution in [0.2, 0.25) is 0 Å². The molecule has 0 aliphatic carbocycles. The number of rotatable bonds is 9. The first-order valence-electron chi connectivity index (χ1n) is 10.5. The van der Waals surface area contributed by atoms with Gasteiger partial charge in [0, 0.05) is 18.7 Å². The van der Waals surface area contributed by atoms with Crippen LogP contribution in [0.5, 0.6) is 0 Å². The Morgan fingerprint density at radius 1 is 1.03 bits per heavy atom. The van der Waals surface area contributed by atoms with Crippen LogP contribution in [0.3, 0.4) is 0 Å². The van der Waals surface area contributed by atoms with Crippen molar-refractivity contribution in [3.8, 4) is 11.5 Å². The van der Waals surface area contributed by atoms with Gasteiger partial charge in [0.05, 0.1) is 18.8 Å². The monoisotopic (exact) mass is 405 g/mol. The number of aliphatic imine (C=N–C) groups is 1. The number of oxazole rings is 1. The molecule has 6 heteroatoms. The van der Waals surface area contributed by atoms with Gasteiger partial charge in [-0.05, 0) is 43.8 Å². The lowest BCUT2D eigenvalue weighted by Gasteiger charge is -2.14. The molecule has 6 nitrogen and oxygen atoms in total. The molecule has 0 aliphatic rings. The second-order valence-corrected chi connectivity index (χ2v) is 7.21. The molecule has 0 amide bonds. The number of nitrogens with one attached hydrogen (secondary N) is 2. The Morgan fingerprint density at radius 3 is 2.60 bits per heavy atom. The highest BCUT2D eigenvalue weighted by molar-refractivity contribution is 5.79. The van der Waals surface area contributed by atoms with E-state index in [1.54, 1.807) is 6.26 Å². The Kier molecular flexibility index (Phi) is 8.03. The van der Waals surface area contributed by atoms with Crippen LogP contribution in [0.25, 0.3) is 11.5 Å². The summed E-state index contributed by atoms with van der Waals surface area (Å²) >= 11 is 0. The lowest BCUT2D eigenvalue weighted by Crippen LogP contribution is -2.36. The minimum absolute atomic E-state index is 0.545. The Morgan fingerprint density at radius 2 is 1.83 bits per heavy atom. The zero-order chi connectivity index (χ0) is 21.2. The van der Waals surface area contributed by atoms with Gasteiger partial charge in [-0.2, -0.15) is 0 Å². The largest absolute Gasteiger partial charge is 0.444 e. The molecule has 0 spiro atoms. The number of benzene rings is 2. The predicted octanol–water partition coefficient (Wildman–Crippen LogP) is 4.05. The van der Waals surface area contributed by atoms with Gasteiger partial charge in [0.15, 0.2) is 5.96 Å². The minimum atomic E-state index is 0.545. The number of hydrogen-bond acceptors (Lipinski definition) is 4. The molecular formula is C24H31N5O. The van der Waals surface area contributed by atoms with Crippen LogP contribution in [-0.4, -0.2) is 36.0 Å². The summed E-state index contributed by atoms with van der Waals surface area (Å²) in [6.07, 6.45) is 1.69. The van der Waals surface area contributed by atoms with E-state index < -0.39 is 0 Å². The van der Waals surface area contributed by atoms with E-state index in [2.05, 4.69) is 65.7 Å². The van der Waals surface area contributed by atoms with Crippen LogP contribution in [0, 0.1) is 0 Å². The van der Waals surface area contributed by atoms with Crippen molar-refractivity contribution in [2.24, 2.45) is 4.99 Å². The summed E-state index contributed by atoms with van der Waals surface area (Å²) in [5.41, 5.74) is 4.31. The van der Waals surface area contributed by atoms with E-state index in [1.165, 1.54) is 11.1 Å². The van der Waals surface area contributed by atoms with Gasteiger partial charge < -0.3 is 20.0 Å². The highest BCUT2D eigenvalue weighted by Crippen LogP contribution is 2.17. The first-order chi connectivity index (χ1) is 14.7. The summed E-state index contributed by atoms with van der Waals surface area (Å²) < 4.78 is 5.61. The number of nitrogens with zero attached hydrogens (tertiary/aromatic N) is 3. The van der Waals surface area contributed by atoms with Crippen molar-refractivity contribution >= 4 is 5.96 Å². The summed E-state index contributed by atoms with van der Waals surface area (Å²) in [6, 6.07) is 18.5. The molecule has 2 aromatic carbocycles. The number of guanidine groups is 1. The molecule has 0 saturated heterocycles. The zero-order valence-electron chi connectivity index (χ0n) is 18.1. The Labute approximate surface area is 179 Å². The lowest BCUT2D eigenvalue weighted by atomic mass is 10.1. The second kappa shape index (κ2) is 11.2. The minimum Gasteiger partial charge on any atom is -0.444 e. The van der Waals surface area contributed by atoms with E-state index in [9.17, 15) is 0 Å². The van der Waals surface area contributed by atoms with Crippen molar-refractivity contribution in [1.82, 2.24) is 20.5 Å². The number of aromatic nitrogens is 1. The molecule has 3 aromatic rings. The van der Waals surface area contributed by atoms with Gasteiger partial charge in [-0.25, -0.2) is 9.98 Å².